The fourth-order valence-electron chi connectivity index (χ4n) is 3.20. The van der Waals surface area contributed by atoms with Crippen LogP contribution in [-0.2, 0) is 0 Å². The molecule has 116 valence electrons. The number of hydrogen-bond donors (Lipinski definition) is 2. The third-order valence-corrected chi connectivity index (χ3v) is 4.60. The van der Waals surface area contributed by atoms with Crippen molar-refractivity contribution in [3.63, 3.8) is 0 Å². The van der Waals surface area contributed by atoms with Gasteiger partial charge in [-0.15, -0.1) is 0 Å². The van der Waals surface area contributed by atoms with Gasteiger partial charge in [-0.3, -0.25) is 4.79 Å². The number of hydrogen-bond acceptors (Lipinski definition) is 2. The number of aliphatic hydroxyl groups is 1. The predicted molar refractivity (Wildman–Crippen MR) is 85.6 cm³/mol. The summed E-state index contributed by atoms with van der Waals surface area (Å²) in [6.45, 7) is 3.33. The van der Waals surface area contributed by atoms with Crippen molar-refractivity contribution < 1.29 is 9.90 Å². The number of benzene rings is 1. The summed E-state index contributed by atoms with van der Waals surface area (Å²) in [6.07, 6.45) is 3.04. The van der Waals surface area contributed by atoms with Gasteiger partial charge in [0.15, 0.2) is 0 Å². The number of amides is 1. The Balaban J connectivity index is 1.61. The second-order valence-electron chi connectivity index (χ2n) is 6.00. The summed E-state index contributed by atoms with van der Waals surface area (Å²) < 4.78 is 0. The largest absolute Gasteiger partial charge is 0.388 e. The van der Waals surface area contributed by atoms with Crippen LogP contribution in [-0.4, -0.2) is 34.0 Å². The smallest absolute Gasteiger partial charge is 0.255 e. The molecular weight excluding hydrogens is 276 g/mol. The van der Waals surface area contributed by atoms with Crippen LogP contribution in [0.25, 0.3) is 0 Å². The Morgan fingerprint density at radius 2 is 1.91 bits per heavy atom. The molecule has 1 aliphatic rings. The number of carbonyl (C=O) groups excluding carboxylic acids is 1. The highest BCUT2D eigenvalue weighted by molar-refractivity contribution is 5.95. The van der Waals surface area contributed by atoms with Crippen molar-refractivity contribution in [1.82, 2.24) is 9.88 Å². The lowest BCUT2D eigenvalue weighted by molar-refractivity contribution is 0.0462. The number of aliphatic hydroxyl groups excluding tert-OH is 1. The molecule has 1 saturated heterocycles. The zero-order chi connectivity index (χ0) is 15.5. The van der Waals surface area contributed by atoms with E-state index in [1.54, 1.807) is 6.20 Å². The second kappa shape index (κ2) is 6.36. The Morgan fingerprint density at radius 1 is 1.23 bits per heavy atom. The number of nitrogens with zero attached hydrogens (tertiary/aromatic N) is 1. The molecule has 2 heterocycles. The molecule has 1 fully saturated rings. The number of aromatic amines is 1. The molecule has 1 aliphatic heterocycles. The van der Waals surface area contributed by atoms with Crippen LogP contribution < -0.4 is 0 Å². The molecule has 1 amide bonds. The third-order valence-electron chi connectivity index (χ3n) is 4.60. The maximum atomic E-state index is 12.5. The molecule has 1 aromatic carbocycles. The number of likely N-dealkylation sites (tertiary alicyclic amines) is 1. The van der Waals surface area contributed by atoms with Crippen molar-refractivity contribution in [3.8, 4) is 0 Å². The minimum atomic E-state index is -0.438. The van der Waals surface area contributed by atoms with Crippen molar-refractivity contribution in [1.29, 1.82) is 0 Å². The average Bonchev–Trinajstić information content (AvgIpc) is 3.00. The molecular formula is C18H22N2O2. The van der Waals surface area contributed by atoms with Gasteiger partial charge >= 0.3 is 0 Å². The van der Waals surface area contributed by atoms with Gasteiger partial charge in [0, 0.05) is 25.0 Å². The molecule has 0 spiro atoms. The van der Waals surface area contributed by atoms with Crippen molar-refractivity contribution >= 4 is 5.91 Å². The standard InChI is InChI=1S/C18H22N2O2/c1-13-16(7-10-19-13)18(22)20-11-8-15(9-12-20)17(21)14-5-3-2-4-6-14/h2-7,10,15,17,19,21H,8-9,11-12H2,1H3. The van der Waals surface area contributed by atoms with Crippen LogP contribution in [0.1, 0.15) is 40.6 Å². The van der Waals surface area contributed by atoms with Crippen molar-refractivity contribution in [2.45, 2.75) is 25.9 Å². The zero-order valence-corrected chi connectivity index (χ0v) is 12.8. The van der Waals surface area contributed by atoms with Gasteiger partial charge in [-0.25, -0.2) is 0 Å². The summed E-state index contributed by atoms with van der Waals surface area (Å²) in [5.74, 6) is 0.310. The van der Waals surface area contributed by atoms with Crippen molar-refractivity contribution in [2.24, 2.45) is 5.92 Å². The first kappa shape index (κ1) is 14.9. The van der Waals surface area contributed by atoms with E-state index in [-0.39, 0.29) is 11.8 Å². The number of H-pyrrole nitrogens is 1. The van der Waals surface area contributed by atoms with Gasteiger partial charge in [-0.2, -0.15) is 0 Å². The van der Waals surface area contributed by atoms with Crippen LogP contribution in [0.5, 0.6) is 0 Å². The topological polar surface area (TPSA) is 56.3 Å². The molecule has 4 nitrogen and oxygen atoms in total. The number of aryl methyl sites for hydroxylation is 1. The normalized spacial score (nSPS) is 17.5. The number of rotatable bonds is 3. The van der Waals surface area contributed by atoms with Crippen LogP contribution in [0, 0.1) is 12.8 Å². The van der Waals surface area contributed by atoms with E-state index in [1.165, 1.54) is 0 Å². The lowest BCUT2D eigenvalue weighted by Crippen LogP contribution is -2.39. The molecule has 1 aromatic heterocycles. The Bertz CT molecular complexity index is 628. The highest BCUT2D eigenvalue weighted by atomic mass is 16.3. The van der Waals surface area contributed by atoms with Gasteiger partial charge in [0.2, 0.25) is 0 Å². The van der Waals surface area contributed by atoms with E-state index in [2.05, 4.69) is 4.98 Å². The summed E-state index contributed by atoms with van der Waals surface area (Å²) >= 11 is 0. The molecule has 1 unspecified atom stereocenters. The van der Waals surface area contributed by atoms with Crippen LogP contribution in [0.3, 0.4) is 0 Å². The molecule has 0 bridgehead atoms. The second-order valence-corrected chi connectivity index (χ2v) is 6.00. The van der Waals surface area contributed by atoms with E-state index in [0.29, 0.717) is 13.1 Å². The fourth-order valence-corrected chi connectivity index (χ4v) is 3.20. The minimum Gasteiger partial charge on any atom is -0.388 e. The van der Waals surface area contributed by atoms with E-state index in [0.717, 1.165) is 29.7 Å². The molecule has 4 heteroatoms. The Hall–Kier alpha value is -2.07. The maximum absolute atomic E-state index is 12.5. The quantitative estimate of drug-likeness (QED) is 0.915. The Labute approximate surface area is 130 Å². The lowest BCUT2D eigenvalue weighted by Gasteiger charge is -2.34. The third kappa shape index (κ3) is 2.92. The Morgan fingerprint density at radius 3 is 2.50 bits per heavy atom. The van der Waals surface area contributed by atoms with Crippen LogP contribution in [0.2, 0.25) is 0 Å². The highest BCUT2D eigenvalue weighted by Gasteiger charge is 2.29. The number of carbonyl (C=O) groups is 1. The first-order chi connectivity index (χ1) is 10.7. The zero-order valence-electron chi connectivity index (χ0n) is 12.8. The lowest BCUT2D eigenvalue weighted by atomic mass is 9.87. The van der Waals surface area contributed by atoms with E-state index in [1.807, 2.05) is 48.2 Å². The van der Waals surface area contributed by atoms with Crippen LogP contribution in [0.4, 0.5) is 0 Å². The number of piperidine rings is 1. The molecule has 1 atom stereocenters. The SMILES string of the molecule is Cc1[nH]ccc1C(=O)N1CCC(C(O)c2ccccc2)CC1. The monoisotopic (exact) mass is 298 g/mol. The fraction of sp³-hybridized carbons (Fsp3) is 0.389. The number of nitrogens with one attached hydrogen (secondary N) is 1. The van der Waals surface area contributed by atoms with Gasteiger partial charge in [0.1, 0.15) is 0 Å². The van der Waals surface area contributed by atoms with Gasteiger partial charge in [-0.1, -0.05) is 30.3 Å². The summed E-state index contributed by atoms with van der Waals surface area (Å²) in [5, 5.41) is 10.5. The summed E-state index contributed by atoms with van der Waals surface area (Å²) in [7, 11) is 0. The summed E-state index contributed by atoms with van der Waals surface area (Å²) in [4.78, 5) is 17.4. The molecule has 0 saturated carbocycles. The van der Waals surface area contributed by atoms with Gasteiger partial charge in [-0.05, 0) is 37.3 Å². The molecule has 2 N–H and O–H groups in total. The van der Waals surface area contributed by atoms with E-state index in [9.17, 15) is 9.90 Å². The molecule has 22 heavy (non-hydrogen) atoms. The van der Waals surface area contributed by atoms with E-state index < -0.39 is 6.10 Å². The molecule has 0 aliphatic carbocycles. The van der Waals surface area contributed by atoms with Crippen LogP contribution >= 0.6 is 0 Å². The highest BCUT2D eigenvalue weighted by Crippen LogP contribution is 2.31. The minimum absolute atomic E-state index is 0.0893. The Kier molecular flexibility index (Phi) is 4.29. The van der Waals surface area contributed by atoms with E-state index in [4.69, 9.17) is 0 Å². The first-order valence-corrected chi connectivity index (χ1v) is 7.83. The number of aromatic nitrogens is 1. The maximum Gasteiger partial charge on any atom is 0.255 e. The first-order valence-electron chi connectivity index (χ1n) is 7.83. The van der Waals surface area contributed by atoms with Gasteiger partial charge < -0.3 is 15.0 Å². The van der Waals surface area contributed by atoms with E-state index >= 15 is 0 Å². The van der Waals surface area contributed by atoms with Crippen LogP contribution in [0.15, 0.2) is 42.6 Å². The van der Waals surface area contributed by atoms with Crippen molar-refractivity contribution in [3.05, 3.63) is 59.4 Å². The predicted octanol–water partition coefficient (Wildman–Crippen LogP) is 2.91. The molecule has 3 rings (SSSR count). The van der Waals surface area contributed by atoms with Gasteiger partial charge in [0.05, 0.1) is 11.7 Å². The molecule has 0 radical (unpaired) electrons. The van der Waals surface area contributed by atoms with Crippen molar-refractivity contribution in [2.75, 3.05) is 13.1 Å². The average molecular weight is 298 g/mol. The summed E-state index contributed by atoms with van der Waals surface area (Å²) in [6, 6.07) is 11.6. The van der Waals surface area contributed by atoms with Gasteiger partial charge in [0.25, 0.3) is 5.91 Å². The summed E-state index contributed by atoms with van der Waals surface area (Å²) in [5.41, 5.74) is 2.63. The molecule has 2 aromatic rings.